The molecule has 0 bridgehead atoms. The van der Waals surface area contributed by atoms with E-state index in [0.29, 0.717) is 6.42 Å². The predicted molar refractivity (Wildman–Crippen MR) is 322 cm³/mol. The van der Waals surface area contributed by atoms with Crippen LogP contribution in [0, 0.1) is 0 Å². The molecule has 9 heteroatoms. The number of unbranched alkanes of at least 4 members (excludes halogenated alkanes) is 20. The molecule has 1 amide bonds. The molecule has 0 radical (unpaired) electrons. The summed E-state index contributed by atoms with van der Waals surface area (Å²) in [6.45, 7) is 3.63. The highest BCUT2D eigenvalue weighted by Gasteiger charge is 2.44. The van der Waals surface area contributed by atoms with Crippen molar-refractivity contribution in [3.8, 4) is 0 Å². The zero-order valence-corrected chi connectivity index (χ0v) is 48.0. The van der Waals surface area contributed by atoms with Gasteiger partial charge in [0.25, 0.3) is 0 Å². The summed E-state index contributed by atoms with van der Waals surface area (Å²) in [7, 11) is 0. The summed E-state index contributed by atoms with van der Waals surface area (Å²) in [5.74, 6) is -0.199. The number of amides is 1. The largest absolute Gasteiger partial charge is 0.394 e. The second-order valence-corrected chi connectivity index (χ2v) is 20.4. The van der Waals surface area contributed by atoms with Gasteiger partial charge in [-0.1, -0.05) is 250 Å². The first-order valence-electron chi connectivity index (χ1n) is 30.4. The van der Waals surface area contributed by atoms with Gasteiger partial charge in [-0.05, 0) is 103 Å². The third kappa shape index (κ3) is 43.3. The number of rotatable bonds is 50. The van der Waals surface area contributed by atoms with E-state index in [1.54, 1.807) is 6.08 Å². The van der Waals surface area contributed by atoms with E-state index in [-0.39, 0.29) is 12.5 Å². The molecule has 0 spiro atoms. The van der Waals surface area contributed by atoms with Crippen molar-refractivity contribution in [1.29, 1.82) is 0 Å². The summed E-state index contributed by atoms with van der Waals surface area (Å²) in [4.78, 5) is 13.1. The highest BCUT2D eigenvalue weighted by molar-refractivity contribution is 5.76. The van der Waals surface area contributed by atoms with Gasteiger partial charge in [-0.25, -0.2) is 0 Å². The van der Waals surface area contributed by atoms with Crippen LogP contribution in [-0.4, -0.2) is 87.5 Å². The van der Waals surface area contributed by atoms with E-state index < -0.39 is 49.5 Å². The van der Waals surface area contributed by atoms with Crippen molar-refractivity contribution in [2.75, 3.05) is 13.2 Å². The molecule has 9 nitrogen and oxygen atoms in total. The van der Waals surface area contributed by atoms with E-state index in [1.807, 2.05) is 6.08 Å². The van der Waals surface area contributed by atoms with Crippen molar-refractivity contribution >= 4 is 5.91 Å². The molecule has 1 fully saturated rings. The Hall–Kier alpha value is -3.67. The molecule has 7 unspecified atom stereocenters. The second-order valence-electron chi connectivity index (χ2n) is 20.4. The number of carbonyl (C=O) groups is 1. The molecular formula is C67H111NO8. The summed E-state index contributed by atoms with van der Waals surface area (Å²) in [5.41, 5.74) is 0. The van der Waals surface area contributed by atoms with Gasteiger partial charge in [0, 0.05) is 6.42 Å². The molecule has 0 aromatic carbocycles. The molecule has 0 aliphatic carbocycles. The van der Waals surface area contributed by atoms with E-state index in [0.717, 1.165) is 109 Å². The predicted octanol–water partition coefficient (Wildman–Crippen LogP) is 15.7. The molecular weight excluding hydrogens is 947 g/mol. The third-order valence-electron chi connectivity index (χ3n) is 13.5. The highest BCUT2D eigenvalue weighted by Crippen LogP contribution is 2.23. The second kappa shape index (κ2) is 54.7. The van der Waals surface area contributed by atoms with Crippen molar-refractivity contribution in [2.24, 2.45) is 0 Å². The first-order valence-corrected chi connectivity index (χ1v) is 30.4. The lowest BCUT2D eigenvalue weighted by molar-refractivity contribution is -0.302. The Balaban J connectivity index is 2.19. The van der Waals surface area contributed by atoms with Crippen molar-refractivity contribution < 1.29 is 39.8 Å². The summed E-state index contributed by atoms with van der Waals surface area (Å²) < 4.78 is 11.2. The standard InChI is InChI=1S/C67H111NO8/c1-3-5-7-9-11-13-15-17-19-21-22-23-24-25-26-27-28-29-30-31-32-33-34-35-36-37-38-39-40-41-43-45-47-49-51-53-55-57-63(71)68-60(59-75-67-66(74)65(73)64(72)62(58-69)76-67)61(70)56-54-52-50-48-46-44-42-20-18-16-14-12-10-8-6-4-2/h5,7,11,13,17,19,22-23,25-26,28-29,31-32,34-35,37-38,46,48,54,56,60-62,64-67,69-70,72-74H,3-4,6,8-10,12,14-16,18,20-21,24,27,30,33,36,39-45,47,49-53,55,57-59H2,1-2H3,(H,68,71)/b7-5-,13-11-,19-17-,23-22-,26-25-,29-28-,32-31-,35-34-,38-37-,48-46+,56-54+. The van der Waals surface area contributed by atoms with Crippen LogP contribution in [0.25, 0.3) is 0 Å². The molecule has 0 aromatic rings. The molecule has 0 aromatic heterocycles. The number of nitrogens with one attached hydrogen (secondary N) is 1. The number of aliphatic hydroxyl groups excluding tert-OH is 5. The van der Waals surface area contributed by atoms with E-state index in [9.17, 15) is 30.3 Å². The van der Waals surface area contributed by atoms with Gasteiger partial charge in [-0.3, -0.25) is 4.79 Å². The van der Waals surface area contributed by atoms with E-state index in [2.05, 4.69) is 141 Å². The minimum Gasteiger partial charge on any atom is -0.394 e. The van der Waals surface area contributed by atoms with Gasteiger partial charge in [0.1, 0.15) is 24.4 Å². The monoisotopic (exact) mass is 1060 g/mol. The van der Waals surface area contributed by atoms with Gasteiger partial charge in [0.15, 0.2) is 6.29 Å². The Labute approximate surface area is 464 Å². The number of aliphatic hydroxyl groups is 5. The Morgan fingerprint density at radius 1 is 0.461 bits per heavy atom. The fourth-order valence-corrected chi connectivity index (χ4v) is 8.69. The zero-order valence-electron chi connectivity index (χ0n) is 48.0. The quantitative estimate of drug-likeness (QED) is 0.0261. The lowest BCUT2D eigenvalue weighted by Crippen LogP contribution is -2.60. The molecule has 1 saturated heterocycles. The van der Waals surface area contributed by atoms with Crippen LogP contribution in [0.5, 0.6) is 0 Å². The fourth-order valence-electron chi connectivity index (χ4n) is 8.69. The number of carbonyl (C=O) groups excluding carboxylic acids is 1. The number of hydrogen-bond acceptors (Lipinski definition) is 8. The van der Waals surface area contributed by atoms with Crippen LogP contribution in [0.15, 0.2) is 134 Å². The molecule has 1 aliphatic heterocycles. The van der Waals surface area contributed by atoms with Gasteiger partial charge in [-0.15, -0.1) is 0 Å². The van der Waals surface area contributed by atoms with E-state index in [4.69, 9.17) is 9.47 Å². The minimum absolute atomic E-state index is 0.199. The molecule has 1 heterocycles. The van der Waals surface area contributed by atoms with Gasteiger partial charge in [0.2, 0.25) is 5.91 Å². The first-order chi connectivity index (χ1) is 37.3. The Bertz CT molecular complexity index is 1650. The average molecular weight is 1060 g/mol. The molecule has 0 saturated carbocycles. The number of allylic oxidation sites excluding steroid dienone is 21. The average Bonchev–Trinajstić information content (AvgIpc) is 3.42. The maximum absolute atomic E-state index is 13.1. The summed E-state index contributed by atoms with van der Waals surface area (Å²) >= 11 is 0. The van der Waals surface area contributed by atoms with Crippen LogP contribution >= 0.6 is 0 Å². The van der Waals surface area contributed by atoms with Gasteiger partial charge in [-0.2, -0.15) is 0 Å². The zero-order chi connectivity index (χ0) is 55.0. The van der Waals surface area contributed by atoms with E-state index in [1.165, 1.54) is 96.3 Å². The van der Waals surface area contributed by atoms with Gasteiger partial charge in [0.05, 0.1) is 25.4 Å². The molecule has 432 valence electrons. The van der Waals surface area contributed by atoms with Crippen LogP contribution in [0.2, 0.25) is 0 Å². The van der Waals surface area contributed by atoms with Crippen LogP contribution in [-0.2, 0) is 14.3 Å². The first kappa shape index (κ1) is 70.3. The minimum atomic E-state index is -1.58. The van der Waals surface area contributed by atoms with Gasteiger partial charge < -0.3 is 40.3 Å². The third-order valence-corrected chi connectivity index (χ3v) is 13.5. The fraction of sp³-hybridized carbons (Fsp3) is 0.657. The van der Waals surface area contributed by atoms with Crippen molar-refractivity contribution in [2.45, 2.75) is 269 Å². The lowest BCUT2D eigenvalue weighted by Gasteiger charge is -2.40. The molecule has 1 rings (SSSR count). The number of hydrogen-bond donors (Lipinski definition) is 6. The maximum atomic E-state index is 13.1. The Kier molecular flexibility index (Phi) is 50.6. The van der Waals surface area contributed by atoms with Crippen LogP contribution in [0.1, 0.15) is 226 Å². The molecule has 6 N–H and O–H groups in total. The van der Waals surface area contributed by atoms with Crippen molar-refractivity contribution in [3.63, 3.8) is 0 Å². The normalized spacial score (nSPS) is 19.8. The van der Waals surface area contributed by atoms with Crippen LogP contribution in [0.3, 0.4) is 0 Å². The lowest BCUT2D eigenvalue weighted by atomic mass is 9.99. The topological polar surface area (TPSA) is 149 Å². The Morgan fingerprint density at radius 3 is 1.26 bits per heavy atom. The smallest absolute Gasteiger partial charge is 0.220 e. The molecule has 1 aliphatic rings. The molecule has 7 atom stereocenters. The highest BCUT2D eigenvalue weighted by atomic mass is 16.7. The maximum Gasteiger partial charge on any atom is 0.220 e. The van der Waals surface area contributed by atoms with Crippen LogP contribution < -0.4 is 5.32 Å². The summed E-state index contributed by atoms with van der Waals surface area (Å²) in [6.07, 6.45) is 76.6. The van der Waals surface area contributed by atoms with Crippen LogP contribution in [0.4, 0.5) is 0 Å². The summed E-state index contributed by atoms with van der Waals surface area (Å²) in [5, 5.41) is 54.5. The summed E-state index contributed by atoms with van der Waals surface area (Å²) in [6, 6.07) is -0.834. The Morgan fingerprint density at radius 2 is 0.829 bits per heavy atom. The van der Waals surface area contributed by atoms with Crippen molar-refractivity contribution in [1.82, 2.24) is 5.32 Å². The van der Waals surface area contributed by atoms with E-state index >= 15 is 0 Å². The van der Waals surface area contributed by atoms with Crippen molar-refractivity contribution in [3.05, 3.63) is 134 Å². The number of ether oxygens (including phenoxy) is 2. The molecule has 76 heavy (non-hydrogen) atoms. The SMILES string of the molecule is CC/C=C\C/C=C\C/C=C\C/C=C\C/C=C\C/C=C\C/C=C\C/C=C\C/C=C\CCCCCCCCCCCC(=O)NC(COC1OC(CO)C(O)C(O)C1O)C(O)/C=C/CC/C=C/CCCCCCCCCCCC. The van der Waals surface area contributed by atoms with Gasteiger partial charge >= 0.3 is 0 Å².